The van der Waals surface area contributed by atoms with Crippen LogP contribution in [0.1, 0.15) is 56.0 Å². The number of hydrogen-bond donors (Lipinski definition) is 5. The largest absolute Gasteiger partial charge is 0.381 e. The molecule has 6 N–H and O–H groups in total. The number of amides is 4. The molecular formula is C32H42ClN7O5S. The third-order valence-corrected chi connectivity index (χ3v) is 9.11. The Balaban J connectivity index is 1.51. The van der Waals surface area contributed by atoms with Gasteiger partial charge < -0.3 is 31.7 Å². The third kappa shape index (κ3) is 10.4. The number of nitrogens with two attached hydrogens (primary N) is 1. The molecule has 0 saturated carbocycles. The summed E-state index contributed by atoms with van der Waals surface area (Å²) in [6, 6.07) is 6.24. The summed E-state index contributed by atoms with van der Waals surface area (Å²) in [7, 11) is 0. The Labute approximate surface area is 277 Å². The number of nitrogens with zero attached hydrogens (tertiary/aromatic N) is 2. The lowest BCUT2D eigenvalue weighted by Gasteiger charge is -2.32. The van der Waals surface area contributed by atoms with Crippen LogP contribution in [-0.2, 0) is 36.9 Å². The zero-order valence-electron chi connectivity index (χ0n) is 25.9. The topological polar surface area (TPSA) is 177 Å². The van der Waals surface area contributed by atoms with Crippen LogP contribution in [0.25, 0.3) is 10.2 Å². The molecule has 1 aliphatic heterocycles. The molecule has 4 amide bonds. The van der Waals surface area contributed by atoms with E-state index in [-0.39, 0.29) is 37.1 Å². The van der Waals surface area contributed by atoms with E-state index in [2.05, 4.69) is 31.2 Å². The Kier molecular flexibility index (Phi) is 13.7. The molecule has 1 saturated heterocycles. The first kappa shape index (κ1) is 35.2. The third-order valence-electron chi connectivity index (χ3n) is 7.83. The quantitative estimate of drug-likeness (QED) is 0.144. The first-order valence-electron chi connectivity index (χ1n) is 15.7. The highest BCUT2D eigenvalue weighted by Gasteiger charge is 2.35. The Bertz CT molecular complexity index is 1470. The molecule has 4 rings (SSSR count). The van der Waals surface area contributed by atoms with Crippen molar-refractivity contribution < 1.29 is 23.9 Å². The molecule has 14 heteroatoms. The van der Waals surface area contributed by atoms with Crippen LogP contribution < -0.4 is 27.0 Å². The van der Waals surface area contributed by atoms with Gasteiger partial charge in [0.25, 0.3) is 0 Å². The molecule has 3 heterocycles. The van der Waals surface area contributed by atoms with Crippen LogP contribution >= 0.6 is 22.9 Å². The van der Waals surface area contributed by atoms with Crippen molar-refractivity contribution in [3.05, 3.63) is 58.3 Å². The van der Waals surface area contributed by atoms with Crippen molar-refractivity contribution in [3.63, 3.8) is 0 Å². The van der Waals surface area contributed by atoms with E-state index in [0.29, 0.717) is 61.9 Å². The summed E-state index contributed by atoms with van der Waals surface area (Å²) in [5, 5.41) is 12.7. The standard InChI is InChI=1S/C32H42ClN7O5S/c1-2-27(41)37-25(17-28-38-23-9-8-22(33)16-26(23)46-28)31(43)40-29(21-10-14-45-15-11-21)32(44)39-24(7-3-4-12-34)30(42)36-19-20-6-5-13-35-18-20/h5-6,8-9,13,16,18,21,24-25,29H,2-4,7,10-12,14-15,17,19,34H2,1H3,(H,36,42)(H,37,41)(H,39,44)(H,40,43)/t24-,25-,29-/m0/s1. The van der Waals surface area contributed by atoms with E-state index in [1.54, 1.807) is 43.6 Å². The van der Waals surface area contributed by atoms with Crippen molar-refractivity contribution in [3.8, 4) is 0 Å². The van der Waals surface area contributed by atoms with Crippen LogP contribution in [-0.4, -0.2) is 71.5 Å². The van der Waals surface area contributed by atoms with Gasteiger partial charge in [-0.3, -0.25) is 24.2 Å². The summed E-state index contributed by atoms with van der Waals surface area (Å²) in [6.07, 6.45) is 6.44. The van der Waals surface area contributed by atoms with E-state index in [9.17, 15) is 19.2 Å². The molecule has 0 bridgehead atoms. The van der Waals surface area contributed by atoms with Gasteiger partial charge in [0.1, 0.15) is 18.1 Å². The number of fused-ring (bicyclic) bond motifs is 1. The molecule has 3 aromatic rings. The van der Waals surface area contributed by atoms with Gasteiger partial charge in [0.15, 0.2) is 0 Å². The average molecular weight is 672 g/mol. The maximum absolute atomic E-state index is 13.9. The summed E-state index contributed by atoms with van der Waals surface area (Å²) in [6.45, 7) is 3.31. The van der Waals surface area contributed by atoms with Crippen LogP contribution in [0.4, 0.5) is 0 Å². The highest BCUT2D eigenvalue weighted by molar-refractivity contribution is 7.18. The summed E-state index contributed by atoms with van der Waals surface area (Å²) in [5.41, 5.74) is 7.26. The van der Waals surface area contributed by atoms with Gasteiger partial charge in [-0.05, 0) is 74.4 Å². The molecule has 1 aromatic carbocycles. The minimum Gasteiger partial charge on any atom is -0.381 e. The highest BCUT2D eigenvalue weighted by atomic mass is 35.5. The Morgan fingerprint density at radius 3 is 2.57 bits per heavy atom. The summed E-state index contributed by atoms with van der Waals surface area (Å²) >= 11 is 7.54. The fourth-order valence-corrected chi connectivity index (χ4v) is 6.54. The van der Waals surface area contributed by atoms with Crippen LogP contribution in [0.3, 0.4) is 0 Å². The van der Waals surface area contributed by atoms with Gasteiger partial charge in [-0.25, -0.2) is 4.98 Å². The van der Waals surface area contributed by atoms with Crippen LogP contribution in [0.2, 0.25) is 5.02 Å². The number of nitrogens with one attached hydrogen (secondary N) is 4. The Morgan fingerprint density at radius 1 is 1.04 bits per heavy atom. The molecule has 0 radical (unpaired) electrons. The number of halogens is 1. The lowest BCUT2D eigenvalue weighted by molar-refractivity contribution is -0.135. The SMILES string of the molecule is CCC(=O)N[C@@H](Cc1nc2ccc(Cl)cc2s1)C(=O)N[C@H](C(=O)N[C@@H](CCCCN)C(=O)NCc1cccnc1)C1CCOCC1. The van der Waals surface area contributed by atoms with Crippen molar-refractivity contribution in [1.82, 2.24) is 31.2 Å². The van der Waals surface area contributed by atoms with E-state index in [1.165, 1.54) is 11.3 Å². The number of rotatable bonds is 16. The molecule has 0 aliphatic carbocycles. The number of carbonyl (C=O) groups excluding carboxylic acids is 4. The molecule has 12 nitrogen and oxygen atoms in total. The zero-order valence-corrected chi connectivity index (χ0v) is 27.5. The number of hydrogen-bond acceptors (Lipinski definition) is 9. The Hall–Kier alpha value is -3.65. The number of aromatic nitrogens is 2. The van der Waals surface area contributed by atoms with Gasteiger partial charge in [0.2, 0.25) is 23.6 Å². The number of carbonyl (C=O) groups is 4. The monoisotopic (exact) mass is 671 g/mol. The molecule has 0 unspecified atom stereocenters. The van der Waals surface area contributed by atoms with Crippen LogP contribution in [0.15, 0.2) is 42.7 Å². The fourth-order valence-electron chi connectivity index (χ4n) is 5.25. The molecule has 1 fully saturated rings. The van der Waals surface area contributed by atoms with Gasteiger partial charge in [-0.2, -0.15) is 0 Å². The van der Waals surface area contributed by atoms with Gasteiger partial charge in [0, 0.05) is 50.0 Å². The summed E-state index contributed by atoms with van der Waals surface area (Å²) in [5.74, 6) is -1.85. The predicted octanol–water partition coefficient (Wildman–Crippen LogP) is 2.62. The summed E-state index contributed by atoms with van der Waals surface area (Å²) in [4.78, 5) is 62.2. The second kappa shape index (κ2) is 17.9. The zero-order chi connectivity index (χ0) is 32.9. The van der Waals surface area contributed by atoms with Crippen LogP contribution in [0.5, 0.6) is 0 Å². The van der Waals surface area contributed by atoms with E-state index < -0.39 is 29.9 Å². The smallest absolute Gasteiger partial charge is 0.243 e. The van der Waals surface area contributed by atoms with E-state index in [0.717, 1.165) is 15.8 Å². The van der Waals surface area contributed by atoms with Gasteiger partial charge >= 0.3 is 0 Å². The van der Waals surface area contributed by atoms with Crippen LogP contribution in [0, 0.1) is 5.92 Å². The maximum Gasteiger partial charge on any atom is 0.243 e. The number of thiazole rings is 1. The normalized spacial score (nSPS) is 15.5. The number of pyridine rings is 1. The van der Waals surface area contributed by atoms with Crippen molar-refractivity contribution in [2.24, 2.45) is 11.7 Å². The van der Waals surface area contributed by atoms with Crippen molar-refractivity contribution in [2.75, 3.05) is 19.8 Å². The molecule has 1 aliphatic rings. The molecular weight excluding hydrogens is 630 g/mol. The molecule has 248 valence electrons. The first-order valence-corrected chi connectivity index (χ1v) is 16.9. The van der Waals surface area contributed by atoms with Gasteiger partial charge in [-0.1, -0.05) is 24.6 Å². The van der Waals surface area contributed by atoms with Crippen molar-refractivity contribution in [1.29, 1.82) is 0 Å². The second-order valence-corrected chi connectivity index (χ2v) is 12.8. The number of ether oxygens (including phenoxy) is 1. The molecule has 2 aromatic heterocycles. The predicted molar refractivity (Wildman–Crippen MR) is 177 cm³/mol. The molecule has 0 spiro atoms. The maximum atomic E-state index is 13.9. The Morgan fingerprint density at radius 2 is 1.85 bits per heavy atom. The van der Waals surface area contributed by atoms with E-state index in [4.69, 9.17) is 22.1 Å². The minimum atomic E-state index is -0.971. The first-order chi connectivity index (χ1) is 22.3. The van der Waals surface area contributed by atoms with Gasteiger partial charge in [-0.15, -0.1) is 11.3 Å². The lowest BCUT2D eigenvalue weighted by Crippen LogP contribution is -2.59. The minimum absolute atomic E-state index is 0.134. The number of benzene rings is 1. The van der Waals surface area contributed by atoms with Crippen molar-refractivity contribution in [2.45, 2.75) is 76.5 Å². The van der Waals surface area contributed by atoms with Crippen molar-refractivity contribution >= 4 is 56.8 Å². The molecule has 3 atom stereocenters. The second-order valence-electron chi connectivity index (χ2n) is 11.3. The lowest BCUT2D eigenvalue weighted by atomic mass is 9.90. The highest BCUT2D eigenvalue weighted by Crippen LogP contribution is 2.26. The molecule has 46 heavy (non-hydrogen) atoms. The number of unbranched alkanes of at least 4 members (excludes halogenated alkanes) is 1. The summed E-state index contributed by atoms with van der Waals surface area (Å²) < 4.78 is 6.39. The van der Waals surface area contributed by atoms with E-state index >= 15 is 0 Å². The van der Waals surface area contributed by atoms with Gasteiger partial charge in [0.05, 0.1) is 15.2 Å². The average Bonchev–Trinajstić information content (AvgIpc) is 3.47. The van der Waals surface area contributed by atoms with E-state index in [1.807, 2.05) is 6.07 Å². The fraction of sp³-hybridized carbons (Fsp3) is 0.500.